The molecule has 0 bridgehead atoms. The summed E-state index contributed by atoms with van der Waals surface area (Å²) in [6.45, 7) is 0.860. The summed E-state index contributed by atoms with van der Waals surface area (Å²) in [4.78, 5) is 8.01. The number of nitrogens with zero attached hydrogens (tertiary/aromatic N) is 2. The van der Waals surface area contributed by atoms with Crippen LogP contribution in [0, 0.1) is 5.92 Å². The molecular formula is C11H15BrClN3O. The van der Waals surface area contributed by atoms with Crippen molar-refractivity contribution in [2.75, 3.05) is 11.9 Å². The fourth-order valence-electron chi connectivity index (χ4n) is 2.06. The zero-order valence-corrected chi connectivity index (χ0v) is 11.7. The van der Waals surface area contributed by atoms with Gasteiger partial charge in [0, 0.05) is 6.54 Å². The summed E-state index contributed by atoms with van der Waals surface area (Å²) in [5, 5.41) is 13.1. The van der Waals surface area contributed by atoms with Crippen LogP contribution in [0.5, 0.6) is 0 Å². The highest BCUT2D eigenvalue weighted by Gasteiger charge is 2.19. The van der Waals surface area contributed by atoms with Gasteiger partial charge in [-0.2, -0.15) is 0 Å². The van der Waals surface area contributed by atoms with Crippen LogP contribution in [0.3, 0.4) is 0 Å². The molecule has 4 nitrogen and oxygen atoms in total. The number of aliphatic hydroxyl groups excluding tert-OH is 1. The summed E-state index contributed by atoms with van der Waals surface area (Å²) in [7, 11) is 0. The number of hydrogen-bond donors (Lipinski definition) is 2. The minimum Gasteiger partial charge on any atom is -0.393 e. The number of rotatable bonds is 3. The van der Waals surface area contributed by atoms with E-state index in [4.69, 9.17) is 11.6 Å². The van der Waals surface area contributed by atoms with Crippen LogP contribution in [0.1, 0.15) is 25.7 Å². The Morgan fingerprint density at radius 1 is 1.35 bits per heavy atom. The van der Waals surface area contributed by atoms with E-state index >= 15 is 0 Å². The zero-order valence-electron chi connectivity index (χ0n) is 9.37. The van der Waals surface area contributed by atoms with Crippen molar-refractivity contribution in [1.29, 1.82) is 0 Å². The van der Waals surface area contributed by atoms with Crippen LogP contribution in [0.15, 0.2) is 10.8 Å². The third-order valence-electron chi connectivity index (χ3n) is 3.12. The Morgan fingerprint density at radius 2 is 2.06 bits per heavy atom. The van der Waals surface area contributed by atoms with Crippen LogP contribution in [0.25, 0.3) is 0 Å². The van der Waals surface area contributed by atoms with Crippen LogP contribution in [0.2, 0.25) is 5.15 Å². The molecule has 0 spiro atoms. The molecule has 1 aliphatic rings. The fourth-order valence-corrected chi connectivity index (χ4v) is 2.54. The van der Waals surface area contributed by atoms with Crippen LogP contribution in [-0.4, -0.2) is 27.7 Å². The van der Waals surface area contributed by atoms with Gasteiger partial charge in [0.05, 0.1) is 10.6 Å². The molecule has 94 valence electrons. The van der Waals surface area contributed by atoms with Gasteiger partial charge in [0.2, 0.25) is 0 Å². The van der Waals surface area contributed by atoms with Crippen molar-refractivity contribution >= 4 is 33.3 Å². The maximum absolute atomic E-state index is 9.43. The van der Waals surface area contributed by atoms with Crippen LogP contribution in [-0.2, 0) is 0 Å². The molecule has 1 heterocycles. The molecule has 0 unspecified atom stereocenters. The summed E-state index contributed by atoms with van der Waals surface area (Å²) in [5.74, 6) is 1.33. The molecule has 1 saturated carbocycles. The van der Waals surface area contributed by atoms with Crippen molar-refractivity contribution in [1.82, 2.24) is 9.97 Å². The second-order valence-corrected chi connectivity index (χ2v) is 5.53. The number of nitrogens with one attached hydrogen (secondary N) is 1. The fraction of sp³-hybridized carbons (Fsp3) is 0.636. The Labute approximate surface area is 114 Å². The predicted molar refractivity (Wildman–Crippen MR) is 71.2 cm³/mol. The molecular weight excluding hydrogens is 305 g/mol. The van der Waals surface area contributed by atoms with Gasteiger partial charge in [-0.15, -0.1) is 0 Å². The molecule has 2 rings (SSSR count). The first-order valence-corrected chi connectivity index (χ1v) is 6.92. The highest BCUT2D eigenvalue weighted by Crippen LogP contribution is 2.28. The van der Waals surface area contributed by atoms with Gasteiger partial charge < -0.3 is 10.4 Å². The lowest BCUT2D eigenvalue weighted by Crippen LogP contribution is -2.23. The molecule has 1 fully saturated rings. The predicted octanol–water partition coefficient (Wildman–Crippen LogP) is 2.86. The van der Waals surface area contributed by atoms with Gasteiger partial charge in [-0.25, -0.2) is 9.97 Å². The molecule has 0 atom stereocenters. The first-order chi connectivity index (χ1) is 8.16. The van der Waals surface area contributed by atoms with Crippen molar-refractivity contribution in [3.05, 3.63) is 16.0 Å². The van der Waals surface area contributed by atoms with E-state index in [1.54, 1.807) is 0 Å². The van der Waals surface area contributed by atoms with Crippen molar-refractivity contribution in [2.45, 2.75) is 31.8 Å². The summed E-state index contributed by atoms with van der Waals surface area (Å²) < 4.78 is 0.706. The van der Waals surface area contributed by atoms with Crippen molar-refractivity contribution in [2.24, 2.45) is 5.92 Å². The number of anilines is 1. The quantitative estimate of drug-likeness (QED) is 0.841. The van der Waals surface area contributed by atoms with Crippen LogP contribution < -0.4 is 5.32 Å². The summed E-state index contributed by atoms with van der Waals surface area (Å²) in [5.41, 5.74) is 0. The highest BCUT2D eigenvalue weighted by molar-refractivity contribution is 9.10. The lowest BCUT2D eigenvalue weighted by atomic mass is 9.87. The molecule has 17 heavy (non-hydrogen) atoms. The lowest BCUT2D eigenvalue weighted by Gasteiger charge is -2.25. The van der Waals surface area contributed by atoms with Gasteiger partial charge in [-0.1, -0.05) is 11.6 Å². The highest BCUT2D eigenvalue weighted by atomic mass is 79.9. The zero-order chi connectivity index (χ0) is 12.3. The minimum atomic E-state index is -0.105. The minimum absolute atomic E-state index is 0.105. The molecule has 0 aromatic carbocycles. The standard InChI is InChI=1S/C11H15BrClN3O/c12-9-10(13)15-6-16-11(9)14-5-7-1-3-8(17)4-2-7/h6-8,17H,1-5H2,(H,14,15,16). The van der Waals surface area contributed by atoms with Crippen LogP contribution >= 0.6 is 27.5 Å². The van der Waals surface area contributed by atoms with E-state index in [1.807, 2.05) is 0 Å². The molecule has 1 aromatic rings. The third-order valence-corrected chi connectivity index (χ3v) is 4.39. The topological polar surface area (TPSA) is 58.0 Å². The molecule has 0 radical (unpaired) electrons. The second kappa shape index (κ2) is 5.98. The van der Waals surface area contributed by atoms with E-state index in [0.717, 1.165) is 38.0 Å². The van der Waals surface area contributed by atoms with E-state index in [2.05, 4.69) is 31.2 Å². The first-order valence-electron chi connectivity index (χ1n) is 5.74. The van der Waals surface area contributed by atoms with E-state index in [-0.39, 0.29) is 6.10 Å². The van der Waals surface area contributed by atoms with Gasteiger partial charge >= 0.3 is 0 Å². The Morgan fingerprint density at radius 3 is 2.76 bits per heavy atom. The Kier molecular flexibility index (Phi) is 4.59. The normalized spacial score (nSPS) is 24.6. The largest absolute Gasteiger partial charge is 0.393 e. The monoisotopic (exact) mass is 319 g/mol. The maximum atomic E-state index is 9.43. The van der Waals surface area contributed by atoms with E-state index in [0.29, 0.717) is 15.5 Å². The molecule has 0 amide bonds. The average molecular weight is 321 g/mol. The Bertz CT molecular complexity index is 383. The number of aliphatic hydroxyl groups is 1. The summed E-state index contributed by atoms with van der Waals surface area (Å²) in [6, 6.07) is 0. The van der Waals surface area contributed by atoms with Gasteiger partial charge in [0.15, 0.2) is 0 Å². The Hall–Kier alpha value is -0.390. The first kappa shape index (κ1) is 13.1. The smallest absolute Gasteiger partial charge is 0.148 e. The van der Waals surface area contributed by atoms with Crippen molar-refractivity contribution < 1.29 is 5.11 Å². The van der Waals surface area contributed by atoms with E-state index < -0.39 is 0 Å². The molecule has 6 heteroatoms. The molecule has 0 saturated heterocycles. The summed E-state index contributed by atoms with van der Waals surface area (Å²) in [6.07, 6.45) is 5.26. The summed E-state index contributed by atoms with van der Waals surface area (Å²) >= 11 is 9.24. The second-order valence-electron chi connectivity index (χ2n) is 4.38. The van der Waals surface area contributed by atoms with E-state index in [1.165, 1.54) is 6.33 Å². The molecule has 0 aliphatic heterocycles. The molecule has 1 aromatic heterocycles. The van der Waals surface area contributed by atoms with Crippen molar-refractivity contribution in [3.63, 3.8) is 0 Å². The van der Waals surface area contributed by atoms with Gasteiger partial charge in [0.25, 0.3) is 0 Å². The number of halogens is 2. The van der Waals surface area contributed by atoms with E-state index in [9.17, 15) is 5.11 Å². The number of aromatic nitrogens is 2. The third kappa shape index (κ3) is 3.53. The van der Waals surface area contributed by atoms with Gasteiger partial charge in [0.1, 0.15) is 17.3 Å². The lowest BCUT2D eigenvalue weighted by molar-refractivity contribution is 0.111. The van der Waals surface area contributed by atoms with Gasteiger partial charge in [-0.3, -0.25) is 0 Å². The molecule has 1 aliphatic carbocycles. The maximum Gasteiger partial charge on any atom is 0.148 e. The SMILES string of the molecule is OC1CCC(CNc2ncnc(Cl)c2Br)CC1. The Balaban J connectivity index is 1.87. The number of hydrogen-bond acceptors (Lipinski definition) is 4. The average Bonchev–Trinajstić information content (AvgIpc) is 2.33. The van der Waals surface area contributed by atoms with Crippen LogP contribution in [0.4, 0.5) is 5.82 Å². The van der Waals surface area contributed by atoms with Crippen molar-refractivity contribution in [3.8, 4) is 0 Å². The van der Waals surface area contributed by atoms with Gasteiger partial charge in [-0.05, 0) is 47.5 Å². The molecule has 2 N–H and O–H groups in total.